The van der Waals surface area contributed by atoms with Crippen LogP contribution in [-0.4, -0.2) is 44.6 Å². The zero-order valence-corrected chi connectivity index (χ0v) is 13.9. The molecule has 0 unspecified atom stereocenters. The molecule has 0 aromatic carbocycles. The number of carbonyl (C=O) groups excluding carboxylic acids is 1. The summed E-state index contributed by atoms with van der Waals surface area (Å²) in [6.45, 7) is 0.616. The molecule has 0 spiro atoms. The smallest absolute Gasteiger partial charge is 0.284 e. The van der Waals surface area contributed by atoms with Crippen molar-refractivity contribution in [3.8, 4) is 10.6 Å². The number of hydrogen-bond acceptors (Lipinski definition) is 6. The van der Waals surface area contributed by atoms with E-state index in [1.54, 1.807) is 17.8 Å². The maximum absolute atomic E-state index is 13.1. The van der Waals surface area contributed by atoms with E-state index in [-0.39, 0.29) is 11.4 Å². The predicted molar refractivity (Wildman–Crippen MR) is 86.7 cm³/mol. The fraction of sp³-hybridized carbons (Fsp3) is 0.286. The average Bonchev–Trinajstić information content (AvgIpc) is 3.31. The van der Waals surface area contributed by atoms with Gasteiger partial charge in [0.25, 0.3) is 12.3 Å². The number of carbonyl (C=O) groups is 1. The number of halogens is 2. The third kappa shape index (κ3) is 3.88. The Balaban J connectivity index is 1.77. The summed E-state index contributed by atoms with van der Waals surface area (Å²) in [5, 5.41) is 14.8. The van der Waals surface area contributed by atoms with Gasteiger partial charge >= 0.3 is 0 Å². The van der Waals surface area contributed by atoms with E-state index in [2.05, 4.69) is 25.6 Å². The van der Waals surface area contributed by atoms with Crippen LogP contribution in [0.4, 0.5) is 14.5 Å². The summed E-state index contributed by atoms with van der Waals surface area (Å²) >= 11 is 1.26. The molecule has 3 aromatic heterocycles. The van der Waals surface area contributed by atoms with Gasteiger partial charge in [0.05, 0.1) is 25.0 Å². The first-order valence-corrected chi connectivity index (χ1v) is 8.07. The molecule has 25 heavy (non-hydrogen) atoms. The number of ether oxygens (including phenoxy) is 1. The number of amides is 1. The van der Waals surface area contributed by atoms with Crippen molar-refractivity contribution in [1.29, 1.82) is 0 Å². The van der Waals surface area contributed by atoms with E-state index in [0.29, 0.717) is 18.2 Å². The first-order valence-electron chi connectivity index (χ1n) is 7.19. The number of methoxy groups -OCH3 is 1. The summed E-state index contributed by atoms with van der Waals surface area (Å²) in [6.07, 6.45) is 1.77. The highest BCUT2D eigenvalue weighted by molar-refractivity contribution is 7.13. The molecule has 0 saturated heterocycles. The molecule has 0 aliphatic heterocycles. The van der Waals surface area contributed by atoms with Crippen LogP contribution in [0.1, 0.15) is 22.6 Å². The summed E-state index contributed by atoms with van der Waals surface area (Å²) in [5.74, 6) is -0.584. The Labute approximate surface area is 144 Å². The molecule has 0 bridgehead atoms. The molecule has 3 aromatic rings. The molecule has 11 heteroatoms. The number of alkyl halides is 2. The van der Waals surface area contributed by atoms with Crippen LogP contribution in [0.3, 0.4) is 0 Å². The fourth-order valence-corrected chi connectivity index (χ4v) is 2.84. The molecule has 3 rings (SSSR count). The standard InChI is InChI=1S/C14H14F2N6O2S/c1-24-3-2-22-6-9(11(21-22)12(15)16)19-13(23)10-7-25-14(20-10)8-4-17-18-5-8/h4-7,12H,2-3H2,1H3,(H,17,18)(H,19,23). The van der Waals surface area contributed by atoms with Gasteiger partial charge in [-0.25, -0.2) is 13.8 Å². The van der Waals surface area contributed by atoms with E-state index in [0.717, 1.165) is 5.56 Å². The normalized spacial score (nSPS) is 11.2. The van der Waals surface area contributed by atoms with Crippen LogP contribution >= 0.6 is 11.3 Å². The second kappa shape index (κ2) is 7.49. The summed E-state index contributed by atoms with van der Waals surface area (Å²) in [5.41, 5.74) is 0.333. The molecule has 0 fully saturated rings. The van der Waals surface area contributed by atoms with Gasteiger partial charge in [-0.1, -0.05) is 0 Å². The molecule has 0 saturated carbocycles. The number of anilines is 1. The first-order chi connectivity index (χ1) is 12.1. The lowest BCUT2D eigenvalue weighted by Crippen LogP contribution is -2.13. The minimum atomic E-state index is -2.81. The number of H-pyrrole nitrogens is 1. The highest BCUT2D eigenvalue weighted by atomic mass is 32.1. The van der Waals surface area contributed by atoms with Crippen LogP contribution in [0.5, 0.6) is 0 Å². The molecular formula is C14H14F2N6O2S. The molecule has 1 amide bonds. The van der Waals surface area contributed by atoms with Gasteiger partial charge in [0.2, 0.25) is 0 Å². The van der Waals surface area contributed by atoms with Gasteiger partial charge in [0.15, 0.2) is 5.69 Å². The van der Waals surface area contributed by atoms with Gasteiger partial charge in [-0.15, -0.1) is 11.3 Å². The van der Waals surface area contributed by atoms with Crippen LogP contribution in [0.2, 0.25) is 0 Å². The lowest BCUT2D eigenvalue weighted by Gasteiger charge is -2.02. The Morgan fingerprint density at radius 2 is 2.36 bits per heavy atom. The highest BCUT2D eigenvalue weighted by Crippen LogP contribution is 2.27. The molecule has 0 aliphatic carbocycles. The molecule has 3 heterocycles. The minimum absolute atomic E-state index is 0.0473. The first kappa shape index (κ1) is 17.2. The molecule has 0 atom stereocenters. The van der Waals surface area contributed by atoms with Gasteiger partial charge in [0, 0.05) is 30.4 Å². The summed E-state index contributed by atoms with van der Waals surface area (Å²) in [6, 6.07) is 0. The number of hydrogen-bond donors (Lipinski definition) is 2. The van der Waals surface area contributed by atoms with E-state index >= 15 is 0 Å². The van der Waals surface area contributed by atoms with Crippen LogP contribution in [0, 0.1) is 0 Å². The van der Waals surface area contributed by atoms with Crippen molar-refractivity contribution in [2.75, 3.05) is 19.0 Å². The molecule has 2 N–H and O–H groups in total. The molecule has 8 nitrogen and oxygen atoms in total. The zero-order chi connectivity index (χ0) is 17.8. The third-order valence-electron chi connectivity index (χ3n) is 3.25. The number of rotatable bonds is 7. The summed E-state index contributed by atoms with van der Waals surface area (Å²) < 4.78 is 32.4. The second-order valence-electron chi connectivity index (χ2n) is 4.96. The van der Waals surface area contributed by atoms with Crippen LogP contribution < -0.4 is 5.32 Å². The Morgan fingerprint density at radius 1 is 1.52 bits per heavy atom. The predicted octanol–water partition coefficient (Wildman–Crippen LogP) is 2.57. The lowest BCUT2D eigenvalue weighted by atomic mass is 10.3. The second-order valence-corrected chi connectivity index (χ2v) is 5.82. The van der Waals surface area contributed by atoms with Crippen molar-refractivity contribution < 1.29 is 18.3 Å². The number of thiazole rings is 1. The summed E-state index contributed by atoms with van der Waals surface area (Å²) in [4.78, 5) is 16.5. The Morgan fingerprint density at radius 3 is 3.04 bits per heavy atom. The molecular weight excluding hydrogens is 354 g/mol. The van der Waals surface area contributed by atoms with Gasteiger partial charge in [-0.3, -0.25) is 14.6 Å². The number of nitrogens with one attached hydrogen (secondary N) is 2. The van der Waals surface area contributed by atoms with Gasteiger partial charge in [0.1, 0.15) is 10.7 Å². The van der Waals surface area contributed by atoms with E-state index in [9.17, 15) is 13.6 Å². The van der Waals surface area contributed by atoms with Crippen molar-refractivity contribution in [2.24, 2.45) is 0 Å². The van der Waals surface area contributed by atoms with Crippen molar-refractivity contribution in [3.63, 3.8) is 0 Å². The van der Waals surface area contributed by atoms with E-state index in [4.69, 9.17) is 4.74 Å². The minimum Gasteiger partial charge on any atom is -0.383 e. The van der Waals surface area contributed by atoms with E-state index < -0.39 is 18.0 Å². The largest absolute Gasteiger partial charge is 0.383 e. The van der Waals surface area contributed by atoms with Crippen LogP contribution in [0.15, 0.2) is 24.0 Å². The maximum atomic E-state index is 13.1. The highest BCUT2D eigenvalue weighted by Gasteiger charge is 2.21. The van der Waals surface area contributed by atoms with Crippen molar-refractivity contribution >= 4 is 22.9 Å². The van der Waals surface area contributed by atoms with Crippen LogP contribution in [-0.2, 0) is 11.3 Å². The van der Waals surface area contributed by atoms with E-state index in [1.165, 1.54) is 29.3 Å². The molecule has 132 valence electrons. The quantitative estimate of drug-likeness (QED) is 0.668. The Bertz CT molecular complexity index is 846. The van der Waals surface area contributed by atoms with Crippen molar-refractivity contribution in [2.45, 2.75) is 13.0 Å². The topological polar surface area (TPSA) is 97.7 Å². The molecule has 0 aliphatic rings. The SMILES string of the molecule is COCCn1cc(NC(=O)c2csc(-c3cn[nH]c3)n2)c(C(F)F)n1. The van der Waals surface area contributed by atoms with Crippen molar-refractivity contribution in [3.05, 3.63) is 35.4 Å². The fourth-order valence-electron chi connectivity index (χ4n) is 2.06. The van der Waals surface area contributed by atoms with Crippen LogP contribution in [0.25, 0.3) is 10.6 Å². The van der Waals surface area contributed by atoms with E-state index in [1.807, 2.05) is 0 Å². The monoisotopic (exact) mass is 368 g/mol. The zero-order valence-electron chi connectivity index (χ0n) is 13.1. The number of aromatic amines is 1. The average molecular weight is 368 g/mol. The Hall–Kier alpha value is -2.66. The molecule has 0 radical (unpaired) electrons. The van der Waals surface area contributed by atoms with Gasteiger partial charge in [-0.2, -0.15) is 10.2 Å². The Kier molecular flexibility index (Phi) is 5.14. The number of aromatic nitrogens is 5. The van der Waals surface area contributed by atoms with Crippen molar-refractivity contribution in [1.82, 2.24) is 25.0 Å². The maximum Gasteiger partial charge on any atom is 0.284 e. The summed E-state index contributed by atoms with van der Waals surface area (Å²) in [7, 11) is 1.50. The third-order valence-corrected chi connectivity index (χ3v) is 4.14. The van der Waals surface area contributed by atoms with Gasteiger partial charge in [-0.05, 0) is 0 Å². The lowest BCUT2D eigenvalue weighted by molar-refractivity contribution is 0.102. The number of nitrogens with zero attached hydrogens (tertiary/aromatic N) is 4. The van der Waals surface area contributed by atoms with Gasteiger partial charge < -0.3 is 10.1 Å².